The van der Waals surface area contributed by atoms with Crippen molar-refractivity contribution < 1.29 is 23.8 Å². The average molecular weight is 817 g/mol. The van der Waals surface area contributed by atoms with E-state index in [1.807, 2.05) is 0 Å². The second kappa shape index (κ2) is 49.7. The van der Waals surface area contributed by atoms with Crippen molar-refractivity contribution in [2.75, 3.05) is 19.8 Å². The highest BCUT2D eigenvalue weighted by molar-refractivity contribution is 5.70. The van der Waals surface area contributed by atoms with Crippen LogP contribution in [0.3, 0.4) is 0 Å². The predicted octanol–water partition coefficient (Wildman–Crippen LogP) is 17.2. The van der Waals surface area contributed by atoms with E-state index in [4.69, 9.17) is 14.2 Å². The van der Waals surface area contributed by atoms with E-state index >= 15 is 0 Å². The molecule has 0 amide bonds. The molecule has 0 aromatic heterocycles. The van der Waals surface area contributed by atoms with Gasteiger partial charge < -0.3 is 14.2 Å². The minimum Gasteiger partial charge on any atom is -0.462 e. The van der Waals surface area contributed by atoms with Crippen LogP contribution in [0.15, 0.2) is 24.3 Å². The Hall–Kier alpha value is -1.62. The van der Waals surface area contributed by atoms with E-state index < -0.39 is 6.10 Å². The van der Waals surface area contributed by atoms with Gasteiger partial charge in [-0.2, -0.15) is 0 Å². The molecule has 5 heteroatoms. The predicted molar refractivity (Wildman–Crippen MR) is 252 cm³/mol. The van der Waals surface area contributed by atoms with Crippen LogP contribution >= 0.6 is 0 Å². The fraction of sp³-hybridized carbons (Fsp3) is 0.887. The Labute approximate surface area is 362 Å². The van der Waals surface area contributed by atoms with Crippen LogP contribution in [-0.2, 0) is 23.8 Å². The standard InChI is InChI=1S/C53H100O5/c1-4-7-10-13-16-18-20-22-24-25-26-27-28-30-32-34-36-39-42-45-48-56-49-51(58-53(55)47-44-41-37-15-12-9-6-3)50-57-52(54)46-43-40-38-35-33-31-29-23-21-19-17-14-11-8-5-2/h16,18,22,24,51H,4-15,17,19-21,23,25-50H2,1-3H3/b18-16-,24-22-. The first-order valence-corrected chi connectivity index (χ1v) is 25.9. The highest BCUT2D eigenvalue weighted by Gasteiger charge is 2.17. The van der Waals surface area contributed by atoms with Crippen LogP contribution in [0.4, 0.5) is 0 Å². The molecule has 0 radical (unpaired) electrons. The van der Waals surface area contributed by atoms with Crippen molar-refractivity contribution in [2.45, 2.75) is 284 Å². The summed E-state index contributed by atoms with van der Waals surface area (Å²) >= 11 is 0. The van der Waals surface area contributed by atoms with Crippen LogP contribution in [0.25, 0.3) is 0 Å². The third-order valence-electron chi connectivity index (χ3n) is 11.5. The SMILES string of the molecule is CCCCC/C=C\C/C=C\CCCCCCCCCCCCOCC(COC(=O)CCCCCCCCCCCCCCCCC)OC(=O)CCCCCCCCC. The number of ether oxygens (including phenoxy) is 3. The number of carbonyl (C=O) groups excluding carboxylic acids is 2. The van der Waals surface area contributed by atoms with Crippen molar-refractivity contribution in [1.82, 2.24) is 0 Å². The monoisotopic (exact) mass is 817 g/mol. The summed E-state index contributed by atoms with van der Waals surface area (Å²) in [4.78, 5) is 25.2. The molecule has 0 aromatic carbocycles. The number of esters is 2. The molecule has 0 heterocycles. The first-order valence-electron chi connectivity index (χ1n) is 25.9. The molecule has 0 aliphatic rings. The summed E-state index contributed by atoms with van der Waals surface area (Å²) in [5.74, 6) is -0.388. The molecular formula is C53H100O5. The molecular weight excluding hydrogens is 717 g/mol. The van der Waals surface area contributed by atoms with Crippen LogP contribution in [-0.4, -0.2) is 37.9 Å². The fourth-order valence-corrected chi connectivity index (χ4v) is 7.60. The lowest BCUT2D eigenvalue weighted by atomic mass is 10.0. The zero-order valence-electron chi connectivity index (χ0n) is 39.3. The Morgan fingerprint density at radius 2 is 0.724 bits per heavy atom. The molecule has 0 N–H and O–H groups in total. The molecule has 0 fully saturated rings. The van der Waals surface area contributed by atoms with E-state index in [-0.39, 0.29) is 18.5 Å². The molecule has 0 rings (SSSR count). The third-order valence-corrected chi connectivity index (χ3v) is 11.5. The van der Waals surface area contributed by atoms with E-state index in [1.165, 1.54) is 199 Å². The Bertz CT molecular complexity index is 882. The Morgan fingerprint density at radius 1 is 0.379 bits per heavy atom. The molecule has 0 aliphatic carbocycles. The minimum atomic E-state index is -0.527. The molecule has 0 aromatic rings. The van der Waals surface area contributed by atoms with E-state index in [0.29, 0.717) is 26.1 Å². The van der Waals surface area contributed by atoms with Crippen molar-refractivity contribution in [1.29, 1.82) is 0 Å². The van der Waals surface area contributed by atoms with Gasteiger partial charge in [0.25, 0.3) is 0 Å². The van der Waals surface area contributed by atoms with Gasteiger partial charge in [0.05, 0.1) is 6.61 Å². The first kappa shape index (κ1) is 56.4. The zero-order valence-corrected chi connectivity index (χ0v) is 39.3. The molecule has 0 saturated heterocycles. The van der Waals surface area contributed by atoms with Crippen LogP contribution in [0.2, 0.25) is 0 Å². The van der Waals surface area contributed by atoms with Gasteiger partial charge in [-0.05, 0) is 51.4 Å². The molecule has 0 bridgehead atoms. The number of hydrogen-bond donors (Lipinski definition) is 0. The van der Waals surface area contributed by atoms with Crippen molar-refractivity contribution in [3.8, 4) is 0 Å². The summed E-state index contributed by atoms with van der Waals surface area (Å²) in [6.45, 7) is 7.81. The van der Waals surface area contributed by atoms with E-state index in [0.717, 1.165) is 44.9 Å². The summed E-state index contributed by atoms with van der Waals surface area (Å²) in [5, 5.41) is 0. The topological polar surface area (TPSA) is 61.8 Å². The van der Waals surface area contributed by atoms with E-state index in [2.05, 4.69) is 45.1 Å². The number of hydrogen-bond acceptors (Lipinski definition) is 5. The lowest BCUT2D eigenvalue weighted by molar-refractivity contribution is -0.163. The van der Waals surface area contributed by atoms with Gasteiger partial charge in [0.2, 0.25) is 0 Å². The summed E-state index contributed by atoms with van der Waals surface area (Å²) in [6, 6.07) is 0. The maximum atomic E-state index is 12.7. The number of carbonyl (C=O) groups is 2. The summed E-state index contributed by atoms with van der Waals surface area (Å²) in [7, 11) is 0. The highest BCUT2D eigenvalue weighted by Crippen LogP contribution is 2.16. The van der Waals surface area contributed by atoms with Gasteiger partial charge in [-0.15, -0.1) is 0 Å². The quantitative estimate of drug-likeness (QED) is 0.0348. The van der Waals surface area contributed by atoms with Gasteiger partial charge in [0.1, 0.15) is 6.61 Å². The second-order valence-corrected chi connectivity index (χ2v) is 17.4. The van der Waals surface area contributed by atoms with Gasteiger partial charge >= 0.3 is 11.9 Å². The Morgan fingerprint density at radius 3 is 1.17 bits per heavy atom. The van der Waals surface area contributed by atoms with Crippen LogP contribution in [0.5, 0.6) is 0 Å². The molecule has 58 heavy (non-hydrogen) atoms. The van der Waals surface area contributed by atoms with Crippen molar-refractivity contribution >= 4 is 11.9 Å². The minimum absolute atomic E-state index is 0.0912. The summed E-state index contributed by atoms with van der Waals surface area (Å²) in [6.07, 6.45) is 57.7. The van der Waals surface area contributed by atoms with Gasteiger partial charge in [-0.25, -0.2) is 0 Å². The molecule has 0 aliphatic heterocycles. The van der Waals surface area contributed by atoms with Crippen molar-refractivity contribution in [3.05, 3.63) is 24.3 Å². The Kier molecular flexibility index (Phi) is 48.4. The maximum absolute atomic E-state index is 12.7. The van der Waals surface area contributed by atoms with Gasteiger partial charge in [-0.1, -0.05) is 238 Å². The lowest BCUT2D eigenvalue weighted by Crippen LogP contribution is -2.30. The number of unbranched alkanes of at least 4 members (excludes halogenated alkanes) is 33. The van der Waals surface area contributed by atoms with Gasteiger partial charge in [0.15, 0.2) is 6.10 Å². The van der Waals surface area contributed by atoms with Crippen molar-refractivity contribution in [2.24, 2.45) is 0 Å². The van der Waals surface area contributed by atoms with Gasteiger partial charge in [0, 0.05) is 19.4 Å². The molecule has 0 spiro atoms. The molecule has 1 atom stereocenters. The largest absolute Gasteiger partial charge is 0.462 e. The normalized spacial score (nSPS) is 12.3. The molecule has 1 unspecified atom stereocenters. The third kappa shape index (κ3) is 47.1. The smallest absolute Gasteiger partial charge is 0.306 e. The number of rotatable bonds is 48. The molecule has 0 saturated carbocycles. The Balaban J connectivity index is 4.06. The maximum Gasteiger partial charge on any atom is 0.306 e. The van der Waals surface area contributed by atoms with E-state index in [1.54, 1.807) is 0 Å². The van der Waals surface area contributed by atoms with Gasteiger partial charge in [-0.3, -0.25) is 9.59 Å². The summed E-state index contributed by atoms with van der Waals surface area (Å²) in [5.41, 5.74) is 0. The summed E-state index contributed by atoms with van der Waals surface area (Å²) < 4.78 is 17.3. The highest BCUT2D eigenvalue weighted by atomic mass is 16.6. The average Bonchev–Trinajstić information content (AvgIpc) is 3.22. The fourth-order valence-electron chi connectivity index (χ4n) is 7.60. The van der Waals surface area contributed by atoms with Crippen LogP contribution in [0, 0.1) is 0 Å². The molecule has 342 valence electrons. The second-order valence-electron chi connectivity index (χ2n) is 17.4. The van der Waals surface area contributed by atoms with Crippen LogP contribution < -0.4 is 0 Å². The van der Waals surface area contributed by atoms with Crippen LogP contribution in [0.1, 0.15) is 278 Å². The molecule has 5 nitrogen and oxygen atoms in total. The number of allylic oxidation sites excluding steroid dienone is 4. The zero-order chi connectivity index (χ0) is 42.1. The van der Waals surface area contributed by atoms with Crippen molar-refractivity contribution in [3.63, 3.8) is 0 Å². The lowest BCUT2D eigenvalue weighted by Gasteiger charge is -2.18. The first-order chi connectivity index (χ1) is 28.6. The van der Waals surface area contributed by atoms with E-state index in [9.17, 15) is 9.59 Å².